The van der Waals surface area contributed by atoms with E-state index in [1.165, 1.54) is 11.5 Å². The standard InChI is InChI=1S/C11H13N3OS/c1-15-9-4-2-3-8(5-9)6-10(12)11-7-16-14-13-11/h2-5,7,10H,6,12H2,1H3. The molecule has 1 aromatic carbocycles. The zero-order valence-corrected chi connectivity index (χ0v) is 9.78. The fourth-order valence-electron chi connectivity index (χ4n) is 1.49. The van der Waals surface area contributed by atoms with Gasteiger partial charge in [0.2, 0.25) is 0 Å². The lowest BCUT2D eigenvalue weighted by Crippen LogP contribution is -2.13. The average molecular weight is 235 g/mol. The molecule has 16 heavy (non-hydrogen) atoms. The van der Waals surface area contributed by atoms with Gasteiger partial charge in [-0.15, -0.1) is 5.10 Å². The zero-order chi connectivity index (χ0) is 11.4. The number of hydrogen-bond acceptors (Lipinski definition) is 5. The van der Waals surface area contributed by atoms with Crippen molar-refractivity contribution in [1.29, 1.82) is 0 Å². The first-order chi connectivity index (χ1) is 7.79. The maximum atomic E-state index is 6.03. The van der Waals surface area contributed by atoms with Crippen molar-refractivity contribution >= 4 is 11.5 Å². The lowest BCUT2D eigenvalue weighted by atomic mass is 10.0. The zero-order valence-electron chi connectivity index (χ0n) is 8.96. The second kappa shape index (κ2) is 5.05. The molecule has 0 aliphatic rings. The molecule has 0 spiro atoms. The summed E-state index contributed by atoms with van der Waals surface area (Å²) in [5, 5.41) is 5.85. The summed E-state index contributed by atoms with van der Waals surface area (Å²) in [6.07, 6.45) is 0.739. The Labute approximate surface area is 98.2 Å². The van der Waals surface area contributed by atoms with Gasteiger partial charge in [0.1, 0.15) is 5.75 Å². The molecule has 2 rings (SSSR count). The number of benzene rings is 1. The summed E-state index contributed by atoms with van der Waals surface area (Å²) >= 11 is 1.32. The molecule has 1 atom stereocenters. The van der Waals surface area contributed by atoms with Crippen LogP contribution in [0.25, 0.3) is 0 Å². The molecule has 0 radical (unpaired) electrons. The highest BCUT2D eigenvalue weighted by Gasteiger charge is 2.10. The van der Waals surface area contributed by atoms with E-state index in [9.17, 15) is 0 Å². The van der Waals surface area contributed by atoms with Crippen LogP contribution in [0.3, 0.4) is 0 Å². The van der Waals surface area contributed by atoms with Crippen LogP contribution in [0.4, 0.5) is 0 Å². The third kappa shape index (κ3) is 2.56. The van der Waals surface area contributed by atoms with Crippen molar-refractivity contribution in [2.75, 3.05) is 7.11 Å². The molecule has 0 amide bonds. The number of nitrogens with two attached hydrogens (primary N) is 1. The third-order valence-corrected chi connectivity index (χ3v) is 2.87. The maximum Gasteiger partial charge on any atom is 0.119 e. The van der Waals surface area contributed by atoms with Crippen molar-refractivity contribution in [3.8, 4) is 5.75 Å². The minimum absolute atomic E-state index is 0.106. The van der Waals surface area contributed by atoms with E-state index in [1.54, 1.807) is 7.11 Å². The minimum Gasteiger partial charge on any atom is -0.497 e. The summed E-state index contributed by atoms with van der Waals surface area (Å²) in [6.45, 7) is 0. The Morgan fingerprint density at radius 3 is 3.06 bits per heavy atom. The number of ether oxygens (including phenoxy) is 1. The number of rotatable bonds is 4. The molecule has 0 aliphatic heterocycles. The normalized spacial score (nSPS) is 12.4. The third-order valence-electron chi connectivity index (χ3n) is 2.35. The molecule has 0 saturated carbocycles. The largest absolute Gasteiger partial charge is 0.497 e. The summed E-state index contributed by atoms with van der Waals surface area (Å²) in [7, 11) is 1.66. The summed E-state index contributed by atoms with van der Waals surface area (Å²) in [5.41, 5.74) is 8.01. The van der Waals surface area contributed by atoms with Gasteiger partial charge in [-0.1, -0.05) is 16.6 Å². The van der Waals surface area contributed by atoms with Crippen LogP contribution in [0.5, 0.6) is 5.75 Å². The molecular formula is C11H13N3OS. The Morgan fingerprint density at radius 2 is 2.38 bits per heavy atom. The van der Waals surface area contributed by atoms with Gasteiger partial charge in [0.25, 0.3) is 0 Å². The van der Waals surface area contributed by atoms with Crippen LogP contribution in [-0.2, 0) is 6.42 Å². The summed E-state index contributed by atoms with van der Waals surface area (Å²) in [5.74, 6) is 0.848. The van der Waals surface area contributed by atoms with E-state index < -0.39 is 0 Å². The van der Waals surface area contributed by atoms with Gasteiger partial charge in [0.05, 0.1) is 18.8 Å². The Hall–Kier alpha value is -1.46. The molecule has 4 nitrogen and oxygen atoms in total. The topological polar surface area (TPSA) is 61.0 Å². The van der Waals surface area contributed by atoms with Gasteiger partial charge in [-0.2, -0.15) is 0 Å². The highest BCUT2D eigenvalue weighted by Crippen LogP contribution is 2.18. The van der Waals surface area contributed by atoms with E-state index in [0.717, 1.165) is 23.4 Å². The Morgan fingerprint density at radius 1 is 1.50 bits per heavy atom. The molecule has 0 saturated heterocycles. The van der Waals surface area contributed by atoms with E-state index in [2.05, 4.69) is 9.59 Å². The van der Waals surface area contributed by atoms with Crippen molar-refractivity contribution in [2.45, 2.75) is 12.5 Å². The van der Waals surface area contributed by atoms with Crippen LogP contribution >= 0.6 is 11.5 Å². The van der Waals surface area contributed by atoms with Crippen molar-refractivity contribution in [3.63, 3.8) is 0 Å². The SMILES string of the molecule is COc1cccc(CC(N)c2csnn2)c1. The van der Waals surface area contributed by atoms with E-state index in [-0.39, 0.29) is 6.04 Å². The van der Waals surface area contributed by atoms with E-state index in [1.807, 2.05) is 29.6 Å². The molecule has 84 valence electrons. The van der Waals surface area contributed by atoms with Crippen LogP contribution in [-0.4, -0.2) is 16.7 Å². The van der Waals surface area contributed by atoms with Gasteiger partial charge in [0.15, 0.2) is 0 Å². The molecular weight excluding hydrogens is 222 g/mol. The van der Waals surface area contributed by atoms with Gasteiger partial charge in [0, 0.05) is 5.38 Å². The summed E-state index contributed by atoms with van der Waals surface area (Å²) in [4.78, 5) is 0. The van der Waals surface area contributed by atoms with Gasteiger partial charge < -0.3 is 10.5 Å². The predicted molar refractivity (Wildman–Crippen MR) is 63.5 cm³/mol. The Bertz CT molecular complexity index is 444. The molecule has 0 bridgehead atoms. The van der Waals surface area contributed by atoms with Crippen molar-refractivity contribution in [2.24, 2.45) is 5.73 Å². The summed E-state index contributed by atoms with van der Waals surface area (Å²) < 4.78 is 8.97. The number of hydrogen-bond donors (Lipinski definition) is 1. The quantitative estimate of drug-likeness (QED) is 0.877. The first kappa shape index (κ1) is 11.0. The first-order valence-electron chi connectivity index (χ1n) is 4.95. The summed E-state index contributed by atoms with van der Waals surface area (Å²) in [6, 6.07) is 7.78. The minimum atomic E-state index is -0.106. The average Bonchev–Trinajstić information content (AvgIpc) is 2.83. The van der Waals surface area contributed by atoms with Crippen LogP contribution in [0.15, 0.2) is 29.6 Å². The first-order valence-corrected chi connectivity index (χ1v) is 5.78. The molecule has 5 heteroatoms. The predicted octanol–water partition coefficient (Wildman–Crippen LogP) is 1.79. The smallest absolute Gasteiger partial charge is 0.119 e. The molecule has 2 aromatic rings. The molecule has 1 aromatic heterocycles. The van der Waals surface area contributed by atoms with Crippen LogP contribution < -0.4 is 10.5 Å². The van der Waals surface area contributed by atoms with E-state index >= 15 is 0 Å². The van der Waals surface area contributed by atoms with E-state index in [0.29, 0.717) is 0 Å². The Balaban J connectivity index is 2.08. The second-order valence-corrected chi connectivity index (χ2v) is 4.10. The number of nitrogens with zero attached hydrogens (tertiary/aromatic N) is 2. The molecule has 1 unspecified atom stereocenters. The fraction of sp³-hybridized carbons (Fsp3) is 0.273. The van der Waals surface area contributed by atoms with Crippen molar-refractivity contribution < 1.29 is 4.74 Å². The number of methoxy groups -OCH3 is 1. The molecule has 2 N–H and O–H groups in total. The van der Waals surface area contributed by atoms with Crippen molar-refractivity contribution in [1.82, 2.24) is 9.59 Å². The van der Waals surface area contributed by atoms with Gasteiger partial charge in [-0.3, -0.25) is 0 Å². The van der Waals surface area contributed by atoms with Gasteiger partial charge in [-0.05, 0) is 35.6 Å². The lowest BCUT2D eigenvalue weighted by molar-refractivity contribution is 0.414. The second-order valence-electron chi connectivity index (χ2n) is 3.49. The van der Waals surface area contributed by atoms with Crippen LogP contribution in [0.1, 0.15) is 17.3 Å². The molecule has 1 heterocycles. The van der Waals surface area contributed by atoms with Gasteiger partial charge in [-0.25, -0.2) is 0 Å². The van der Waals surface area contributed by atoms with Gasteiger partial charge >= 0.3 is 0 Å². The molecule has 0 fully saturated rings. The van der Waals surface area contributed by atoms with Crippen LogP contribution in [0, 0.1) is 0 Å². The maximum absolute atomic E-state index is 6.03. The van der Waals surface area contributed by atoms with Crippen molar-refractivity contribution in [3.05, 3.63) is 40.9 Å². The lowest BCUT2D eigenvalue weighted by Gasteiger charge is -2.09. The van der Waals surface area contributed by atoms with E-state index in [4.69, 9.17) is 10.5 Å². The highest BCUT2D eigenvalue weighted by molar-refractivity contribution is 7.03. The monoisotopic (exact) mass is 235 g/mol. The Kier molecular flexibility index (Phi) is 3.48. The van der Waals surface area contributed by atoms with Crippen LogP contribution in [0.2, 0.25) is 0 Å². The number of aromatic nitrogens is 2. The molecule has 0 aliphatic carbocycles. The fourth-order valence-corrected chi connectivity index (χ4v) is 2.01. The highest BCUT2D eigenvalue weighted by atomic mass is 32.1.